The van der Waals surface area contributed by atoms with Crippen LogP contribution < -0.4 is 0 Å². The lowest BCUT2D eigenvalue weighted by atomic mass is 9.47. The van der Waals surface area contributed by atoms with Crippen molar-refractivity contribution in [2.24, 2.45) is 52.3 Å². The van der Waals surface area contributed by atoms with Gasteiger partial charge in [0, 0.05) is 12.8 Å². The van der Waals surface area contributed by atoms with Crippen LogP contribution in [-0.2, 0) is 9.53 Å². The molecule has 2 nitrogen and oxygen atoms in total. The summed E-state index contributed by atoms with van der Waals surface area (Å²) in [5.74, 6) is 5.67. The average molecular weight is 471 g/mol. The molecule has 4 aliphatic carbocycles. The van der Waals surface area contributed by atoms with Gasteiger partial charge in [-0.25, -0.2) is 0 Å². The maximum atomic E-state index is 12.3. The van der Waals surface area contributed by atoms with E-state index in [1.54, 1.807) is 5.57 Å². The second kappa shape index (κ2) is 10.3. The number of carbonyl (C=O) groups excluding carboxylic acids is 1. The summed E-state index contributed by atoms with van der Waals surface area (Å²) in [5, 5.41) is 0. The van der Waals surface area contributed by atoms with Gasteiger partial charge >= 0.3 is 5.97 Å². The number of esters is 1. The van der Waals surface area contributed by atoms with Crippen LogP contribution in [0.15, 0.2) is 11.6 Å². The van der Waals surface area contributed by atoms with Crippen molar-refractivity contribution in [2.45, 2.75) is 132 Å². The van der Waals surface area contributed by atoms with E-state index in [1.165, 1.54) is 57.8 Å². The van der Waals surface area contributed by atoms with E-state index in [-0.39, 0.29) is 12.1 Å². The van der Waals surface area contributed by atoms with Crippen molar-refractivity contribution in [3.8, 4) is 0 Å². The molecule has 0 radical (unpaired) electrons. The van der Waals surface area contributed by atoms with Crippen molar-refractivity contribution in [1.29, 1.82) is 0 Å². The number of carbonyl (C=O) groups is 1. The lowest BCUT2D eigenvalue weighted by molar-refractivity contribution is -0.152. The van der Waals surface area contributed by atoms with Gasteiger partial charge in [0.15, 0.2) is 0 Å². The standard InChI is InChI=1S/C32H54O2/c1-21(2)9-8-10-23(5)27-13-14-28-26-12-11-24-20-25(34-30(33)19-22(3)4)15-17-31(24,6)29(26)16-18-32(27,28)7/h11,21-23,25-29H,8-10,12-20H2,1-7H3/t23-,25+,26-,27+,28-,29-,31+,32+/m1/s1. The van der Waals surface area contributed by atoms with Gasteiger partial charge in [0.2, 0.25) is 0 Å². The van der Waals surface area contributed by atoms with Gasteiger partial charge in [0.1, 0.15) is 6.10 Å². The molecule has 34 heavy (non-hydrogen) atoms. The summed E-state index contributed by atoms with van der Waals surface area (Å²) in [6.07, 6.45) is 17.8. The Morgan fingerprint density at radius 3 is 2.44 bits per heavy atom. The van der Waals surface area contributed by atoms with Crippen molar-refractivity contribution in [3.63, 3.8) is 0 Å². The van der Waals surface area contributed by atoms with Crippen LogP contribution in [0.4, 0.5) is 0 Å². The fourth-order valence-corrected chi connectivity index (χ4v) is 9.32. The third kappa shape index (κ3) is 5.04. The Labute approximate surface area is 211 Å². The first-order valence-corrected chi connectivity index (χ1v) is 14.9. The minimum atomic E-state index is 0.00540. The van der Waals surface area contributed by atoms with Crippen LogP contribution in [0.3, 0.4) is 0 Å². The molecule has 0 saturated heterocycles. The minimum Gasteiger partial charge on any atom is -0.462 e. The highest BCUT2D eigenvalue weighted by molar-refractivity contribution is 5.69. The van der Waals surface area contributed by atoms with Gasteiger partial charge in [-0.1, -0.05) is 79.4 Å². The molecule has 3 fully saturated rings. The number of hydrogen-bond donors (Lipinski definition) is 0. The second-order valence-electron chi connectivity index (χ2n) is 14.2. The molecule has 0 heterocycles. The SMILES string of the molecule is CC(C)CCC[C@@H](C)[C@@H]1CC[C@@H]2[C@H]3CC=C4C[C@@H](OC(=O)CC(C)C)CC[C@]4(C)[C@@H]3CC[C@]21C. The van der Waals surface area contributed by atoms with Gasteiger partial charge in [-0.05, 0) is 97.2 Å². The zero-order valence-electron chi connectivity index (χ0n) is 23.5. The van der Waals surface area contributed by atoms with E-state index in [0.717, 1.165) is 48.3 Å². The fourth-order valence-electron chi connectivity index (χ4n) is 9.32. The molecule has 4 aliphatic rings. The molecule has 3 saturated carbocycles. The first-order chi connectivity index (χ1) is 16.0. The number of allylic oxidation sites excluding steroid dienone is 1. The Kier molecular flexibility index (Phi) is 7.96. The molecule has 0 aromatic carbocycles. The highest BCUT2D eigenvalue weighted by Crippen LogP contribution is 2.67. The first-order valence-electron chi connectivity index (χ1n) is 14.9. The van der Waals surface area contributed by atoms with Crippen molar-refractivity contribution in [2.75, 3.05) is 0 Å². The molecule has 4 rings (SSSR count). The Morgan fingerprint density at radius 2 is 1.74 bits per heavy atom. The molecule has 0 aromatic heterocycles. The smallest absolute Gasteiger partial charge is 0.306 e. The summed E-state index contributed by atoms with van der Waals surface area (Å²) in [5.41, 5.74) is 2.53. The molecule has 0 N–H and O–H groups in total. The normalized spacial score (nSPS) is 40.4. The molecule has 0 spiro atoms. The summed E-state index contributed by atoms with van der Waals surface area (Å²) < 4.78 is 5.93. The van der Waals surface area contributed by atoms with Crippen molar-refractivity contribution < 1.29 is 9.53 Å². The minimum absolute atomic E-state index is 0.00540. The Hall–Kier alpha value is -0.790. The number of fused-ring (bicyclic) bond motifs is 5. The number of hydrogen-bond acceptors (Lipinski definition) is 2. The lowest BCUT2D eigenvalue weighted by Crippen LogP contribution is -2.51. The van der Waals surface area contributed by atoms with E-state index in [0.29, 0.717) is 23.2 Å². The van der Waals surface area contributed by atoms with Crippen LogP contribution in [-0.4, -0.2) is 12.1 Å². The van der Waals surface area contributed by atoms with Gasteiger partial charge in [0.05, 0.1) is 0 Å². The number of rotatable bonds is 8. The number of ether oxygens (including phenoxy) is 1. The first kappa shape index (κ1) is 26.3. The maximum Gasteiger partial charge on any atom is 0.306 e. The third-order valence-electron chi connectivity index (χ3n) is 11.1. The van der Waals surface area contributed by atoms with Crippen LogP contribution >= 0.6 is 0 Å². The molecule has 0 bridgehead atoms. The molecule has 0 amide bonds. The van der Waals surface area contributed by atoms with E-state index in [4.69, 9.17) is 4.74 Å². The van der Waals surface area contributed by atoms with Crippen LogP contribution in [0.1, 0.15) is 126 Å². The summed E-state index contributed by atoms with van der Waals surface area (Å²) in [6, 6.07) is 0. The average Bonchev–Trinajstić information content (AvgIpc) is 3.10. The third-order valence-corrected chi connectivity index (χ3v) is 11.1. The summed E-state index contributed by atoms with van der Waals surface area (Å²) >= 11 is 0. The van der Waals surface area contributed by atoms with Gasteiger partial charge in [0.25, 0.3) is 0 Å². The topological polar surface area (TPSA) is 26.3 Å². The lowest BCUT2D eigenvalue weighted by Gasteiger charge is -2.58. The molecule has 2 heteroatoms. The Bertz CT molecular complexity index is 750. The second-order valence-corrected chi connectivity index (χ2v) is 14.2. The quantitative estimate of drug-likeness (QED) is 0.261. The summed E-state index contributed by atoms with van der Waals surface area (Å²) in [4.78, 5) is 12.3. The molecule has 0 aliphatic heterocycles. The van der Waals surface area contributed by atoms with Gasteiger partial charge in [-0.15, -0.1) is 0 Å². The molecular formula is C32H54O2. The largest absolute Gasteiger partial charge is 0.462 e. The Morgan fingerprint density at radius 1 is 0.971 bits per heavy atom. The van der Waals surface area contributed by atoms with Crippen LogP contribution in [0.5, 0.6) is 0 Å². The van der Waals surface area contributed by atoms with Crippen molar-refractivity contribution in [3.05, 3.63) is 11.6 Å². The van der Waals surface area contributed by atoms with Crippen LogP contribution in [0.2, 0.25) is 0 Å². The van der Waals surface area contributed by atoms with E-state index in [9.17, 15) is 4.79 Å². The highest BCUT2D eigenvalue weighted by Gasteiger charge is 2.59. The highest BCUT2D eigenvalue weighted by atomic mass is 16.5. The van der Waals surface area contributed by atoms with Gasteiger partial charge < -0.3 is 4.74 Å². The Balaban J connectivity index is 1.42. The molecule has 0 aromatic rings. The zero-order valence-corrected chi connectivity index (χ0v) is 23.5. The van der Waals surface area contributed by atoms with Crippen molar-refractivity contribution >= 4 is 5.97 Å². The monoisotopic (exact) mass is 470 g/mol. The van der Waals surface area contributed by atoms with Gasteiger partial charge in [-0.2, -0.15) is 0 Å². The molecule has 8 atom stereocenters. The molecule has 194 valence electrons. The maximum absolute atomic E-state index is 12.3. The predicted octanol–water partition coefficient (Wildman–Crippen LogP) is 8.99. The van der Waals surface area contributed by atoms with E-state index in [1.807, 2.05) is 0 Å². The summed E-state index contributed by atoms with van der Waals surface area (Å²) in [7, 11) is 0. The van der Waals surface area contributed by atoms with Crippen LogP contribution in [0.25, 0.3) is 0 Å². The zero-order chi connectivity index (χ0) is 24.7. The van der Waals surface area contributed by atoms with E-state index in [2.05, 4.69) is 54.5 Å². The molecule has 0 unspecified atom stereocenters. The van der Waals surface area contributed by atoms with Crippen molar-refractivity contribution in [1.82, 2.24) is 0 Å². The van der Waals surface area contributed by atoms with Crippen LogP contribution in [0, 0.1) is 52.3 Å². The summed E-state index contributed by atoms with van der Waals surface area (Å²) in [6.45, 7) is 16.8. The predicted molar refractivity (Wildman–Crippen MR) is 142 cm³/mol. The van der Waals surface area contributed by atoms with E-state index >= 15 is 0 Å². The van der Waals surface area contributed by atoms with Gasteiger partial charge in [-0.3, -0.25) is 4.79 Å². The fraction of sp³-hybridized carbons (Fsp3) is 0.906. The van der Waals surface area contributed by atoms with E-state index < -0.39 is 0 Å². The molecular weight excluding hydrogens is 416 g/mol.